The van der Waals surface area contributed by atoms with E-state index in [-0.39, 0.29) is 23.3 Å². The van der Waals surface area contributed by atoms with Crippen molar-refractivity contribution in [1.29, 1.82) is 0 Å². The minimum Gasteiger partial charge on any atom is -0.353 e. The normalized spacial score (nSPS) is 14.3. The number of benzene rings is 1. The Bertz CT molecular complexity index is 788. The molecule has 2 amide bonds. The molecule has 1 aliphatic heterocycles. The van der Waals surface area contributed by atoms with E-state index in [9.17, 15) is 14.0 Å². The average Bonchev–Trinajstić information content (AvgIpc) is 2.63. The van der Waals surface area contributed by atoms with Crippen LogP contribution in [0.4, 0.5) is 15.8 Å². The van der Waals surface area contributed by atoms with Gasteiger partial charge < -0.3 is 15.1 Å². The lowest BCUT2D eigenvalue weighted by molar-refractivity contribution is -0.130. The molecule has 1 fully saturated rings. The molecule has 7 heteroatoms. The Hall–Kier alpha value is -2.96. The second-order valence-corrected chi connectivity index (χ2v) is 5.83. The second kappa shape index (κ2) is 7.29. The highest BCUT2D eigenvalue weighted by Gasteiger charge is 2.24. The molecular formula is C18H19FN4O2. The van der Waals surface area contributed by atoms with Crippen LogP contribution in [0, 0.1) is 5.82 Å². The maximum absolute atomic E-state index is 13.7. The Balaban J connectivity index is 1.70. The van der Waals surface area contributed by atoms with Gasteiger partial charge in [0.2, 0.25) is 5.91 Å². The predicted octanol–water partition coefficient (Wildman–Crippen LogP) is 2.27. The van der Waals surface area contributed by atoms with Gasteiger partial charge in [0, 0.05) is 45.0 Å². The van der Waals surface area contributed by atoms with Gasteiger partial charge in [-0.1, -0.05) is 12.1 Å². The molecule has 0 aliphatic carbocycles. The van der Waals surface area contributed by atoms with Crippen molar-refractivity contribution in [2.45, 2.75) is 6.92 Å². The zero-order valence-corrected chi connectivity index (χ0v) is 13.9. The molecule has 6 nitrogen and oxygen atoms in total. The Morgan fingerprint density at radius 1 is 1.08 bits per heavy atom. The summed E-state index contributed by atoms with van der Waals surface area (Å²) in [5.74, 6) is -0.547. The van der Waals surface area contributed by atoms with Crippen molar-refractivity contribution in [2.75, 3.05) is 31.5 Å². The number of amides is 2. The highest BCUT2D eigenvalue weighted by molar-refractivity contribution is 5.93. The van der Waals surface area contributed by atoms with Gasteiger partial charge in [-0.05, 0) is 24.3 Å². The fourth-order valence-corrected chi connectivity index (χ4v) is 2.73. The minimum atomic E-state index is -0.368. The van der Waals surface area contributed by atoms with Crippen molar-refractivity contribution in [1.82, 2.24) is 14.8 Å². The number of halogens is 1. The number of hydrogen-bond acceptors (Lipinski definition) is 4. The number of piperazine rings is 1. The number of carbonyl (C=O) groups excluding carboxylic acids is 2. The first-order valence-corrected chi connectivity index (χ1v) is 8.07. The van der Waals surface area contributed by atoms with E-state index in [1.54, 1.807) is 40.1 Å². The molecule has 1 aromatic heterocycles. The molecule has 0 atom stereocenters. The van der Waals surface area contributed by atoms with E-state index in [0.29, 0.717) is 37.6 Å². The Morgan fingerprint density at radius 2 is 1.76 bits per heavy atom. The van der Waals surface area contributed by atoms with Crippen LogP contribution in [0.25, 0.3) is 0 Å². The van der Waals surface area contributed by atoms with Crippen LogP contribution in [-0.4, -0.2) is 52.8 Å². The van der Waals surface area contributed by atoms with Crippen LogP contribution in [0.1, 0.15) is 17.4 Å². The van der Waals surface area contributed by atoms with Crippen LogP contribution in [-0.2, 0) is 4.79 Å². The van der Waals surface area contributed by atoms with Gasteiger partial charge in [0.05, 0.1) is 5.69 Å². The third kappa shape index (κ3) is 3.93. The SMILES string of the molecule is CC(=O)N1CCN(C(=O)c2cc(Nc3ccccc3F)ccn2)CC1. The first-order valence-electron chi connectivity index (χ1n) is 8.07. The number of para-hydroxylation sites is 1. The molecule has 1 aliphatic rings. The van der Waals surface area contributed by atoms with E-state index >= 15 is 0 Å². The third-order valence-corrected chi connectivity index (χ3v) is 4.14. The van der Waals surface area contributed by atoms with E-state index in [1.807, 2.05) is 0 Å². The number of nitrogens with one attached hydrogen (secondary N) is 1. The number of anilines is 2. The fourth-order valence-electron chi connectivity index (χ4n) is 2.73. The summed E-state index contributed by atoms with van der Waals surface area (Å²) in [7, 11) is 0. The summed E-state index contributed by atoms with van der Waals surface area (Å²) in [5, 5.41) is 2.95. The van der Waals surface area contributed by atoms with Crippen LogP contribution in [0.2, 0.25) is 0 Å². The van der Waals surface area contributed by atoms with Gasteiger partial charge in [0.25, 0.3) is 5.91 Å². The van der Waals surface area contributed by atoms with E-state index < -0.39 is 0 Å². The third-order valence-electron chi connectivity index (χ3n) is 4.14. The van der Waals surface area contributed by atoms with Crippen LogP contribution < -0.4 is 5.32 Å². The predicted molar refractivity (Wildman–Crippen MR) is 92.1 cm³/mol. The number of hydrogen-bond donors (Lipinski definition) is 1. The molecule has 3 rings (SSSR count). The number of aromatic nitrogens is 1. The largest absolute Gasteiger partial charge is 0.353 e. The number of pyridine rings is 1. The smallest absolute Gasteiger partial charge is 0.272 e. The molecule has 0 radical (unpaired) electrons. The zero-order chi connectivity index (χ0) is 17.8. The standard InChI is InChI=1S/C18H19FN4O2/c1-13(24)22-8-10-23(11-9-22)18(25)17-12-14(6-7-20-17)21-16-5-3-2-4-15(16)19/h2-7,12H,8-11H2,1H3,(H,20,21). The molecule has 1 N–H and O–H groups in total. The first kappa shape index (κ1) is 16.9. The van der Waals surface area contributed by atoms with Crippen molar-refractivity contribution in [3.05, 3.63) is 54.1 Å². The van der Waals surface area contributed by atoms with Crippen molar-refractivity contribution >= 4 is 23.2 Å². The summed E-state index contributed by atoms with van der Waals surface area (Å²) >= 11 is 0. The second-order valence-electron chi connectivity index (χ2n) is 5.83. The monoisotopic (exact) mass is 342 g/mol. The van der Waals surface area contributed by atoms with Gasteiger partial charge >= 0.3 is 0 Å². The molecule has 2 heterocycles. The minimum absolute atomic E-state index is 0.0151. The van der Waals surface area contributed by atoms with Crippen LogP contribution >= 0.6 is 0 Å². The molecular weight excluding hydrogens is 323 g/mol. The average molecular weight is 342 g/mol. The zero-order valence-electron chi connectivity index (χ0n) is 13.9. The van der Waals surface area contributed by atoms with Crippen molar-refractivity contribution < 1.29 is 14.0 Å². The van der Waals surface area contributed by atoms with Crippen molar-refractivity contribution in [3.63, 3.8) is 0 Å². The van der Waals surface area contributed by atoms with Gasteiger partial charge in [-0.3, -0.25) is 14.6 Å². The topological polar surface area (TPSA) is 65.5 Å². The summed E-state index contributed by atoms with van der Waals surface area (Å²) in [4.78, 5) is 31.5. The summed E-state index contributed by atoms with van der Waals surface area (Å²) in [5.41, 5.74) is 1.21. The van der Waals surface area contributed by atoms with Gasteiger partial charge in [0.1, 0.15) is 11.5 Å². The molecule has 0 spiro atoms. The molecule has 1 saturated heterocycles. The van der Waals surface area contributed by atoms with E-state index in [1.165, 1.54) is 19.2 Å². The van der Waals surface area contributed by atoms with Gasteiger partial charge in [-0.15, -0.1) is 0 Å². The Labute approximate surface area is 145 Å². The number of carbonyl (C=O) groups is 2. The Kier molecular flexibility index (Phi) is 4.92. The lowest BCUT2D eigenvalue weighted by Gasteiger charge is -2.34. The molecule has 0 saturated carbocycles. The van der Waals surface area contributed by atoms with E-state index in [0.717, 1.165) is 0 Å². The summed E-state index contributed by atoms with van der Waals surface area (Å²) < 4.78 is 13.7. The summed E-state index contributed by atoms with van der Waals surface area (Å²) in [6, 6.07) is 9.61. The van der Waals surface area contributed by atoms with E-state index in [2.05, 4.69) is 10.3 Å². The number of nitrogens with zero attached hydrogens (tertiary/aromatic N) is 3. The maximum Gasteiger partial charge on any atom is 0.272 e. The molecule has 1 aromatic carbocycles. The molecule has 0 bridgehead atoms. The van der Waals surface area contributed by atoms with Gasteiger partial charge in [-0.25, -0.2) is 4.39 Å². The Morgan fingerprint density at radius 3 is 2.44 bits per heavy atom. The van der Waals surface area contributed by atoms with Crippen LogP contribution in [0.3, 0.4) is 0 Å². The molecule has 130 valence electrons. The lowest BCUT2D eigenvalue weighted by atomic mass is 10.2. The van der Waals surface area contributed by atoms with Crippen molar-refractivity contribution in [3.8, 4) is 0 Å². The van der Waals surface area contributed by atoms with E-state index in [4.69, 9.17) is 0 Å². The molecule has 2 aromatic rings. The van der Waals surface area contributed by atoms with Crippen LogP contribution in [0.5, 0.6) is 0 Å². The summed E-state index contributed by atoms with van der Waals surface area (Å²) in [6.45, 7) is 3.52. The molecule has 0 unspecified atom stereocenters. The van der Waals surface area contributed by atoms with Gasteiger partial charge in [0.15, 0.2) is 0 Å². The quantitative estimate of drug-likeness (QED) is 0.929. The van der Waals surface area contributed by atoms with Crippen molar-refractivity contribution in [2.24, 2.45) is 0 Å². The number of rotatable bonds is 3. The highest BCUT2D eigenvalue weighted by atomic mass is 19.1. The molecule has 25 heavy (non-hydrogen) atoms. The highest BCUT2D eigenvalue weighted by Crippen LogP contribution is 2.20. The lowest BCUT2D eigenvalue weighted by Crippen LogP contribution is -2.50. The maximum atomic E-state index is 13.7. The first-order chi connectivity index (χ1) is 12.0. The van der Waals surface area contributed by atoms with Gasteiger partial charge in [-0.2, -0.15) is 0 Å². The fraction of sp³-hybridized carbons (Fsp3) is 0.278. The van der Waals surface area contributed by atoms with Crippen LogP contribution in [0.15, 0.2) is 42.6 Å². The summed E-state index contributed by atoms with van der Waals surface area (Å²) in [6.07, 6.45) is 1.52.